The molecule has 1 aliphatic heterocycles. The van der Waals surface area contributed by atoms with E-state index in [2.05, 4.69) is 5.10 Å². The third-order valence-electron chi connectivity index (χ3n) is 4.41. The number of carbonyl (C=O) groups excluding carboxylic acids is 1. The lowest BCUT2D eigenvalue weighted by molar-refractivity contribution is -0.0228. The molecule has 1 atom stereocenters. The molecular formula is C20H19N3O2. The fourth-order valence-electron chi connectivity index (χ4n) is 3.06. The maximum atomic E-state index is 12.8. The normalized spacial score (nSPS) is 17.4. The molecule has 1 unspecified atom stereocenters. The molecule has 3 aromatic rings. The molecule has 0 radical (unpaired) electrons. The second kappa shape index (κ2) is 6.91. The highest BCUT2D eigenvalue weighted by atomic mass is 16.5. The van der Waals surface area contributed by atoms with E-state index < -0.39 is 0 Å². The maximum Gasteiger partial charge on any atom is 0.254 e. The second-order valence-electron chi connectivity index (χ2n) is 6.02. The van der Waals surface area contributed by atoms with Gasteiger partial charge in [0.2, 0.25) is 0 Å². The number of morpholine rings is 1. The van der Waals surface area contributed by atoms with Crippen LogP contribution in [0.4, 0.5) is 0 Å². The zero-order valence-electron chi connectivity index (χ0n) is 13.8. The average molecular weight is 333 g/mol. The van der Waals surface area contributed by atoms with Crippen molar-refractivity contribution in [3.05, 3.63) is 84.2 Å². The van der Waals surface area contributed by atoms with E-state index >= 15 is 0 Å². The van der Waals surface area contributed by atoms with Crippen molar-refractivity contribution in [3.63, 3.8) is 0 Å². The number of hydrogen-bond acceptors (Lipinski definition) is 3. The summed E-state index contributed by atoms with van der Waals surface area (Å²) in [6, 6.07) is 19.5. The van der Waals surface area contributed by atoms with Gasteiger partial charge in [0.25, 0.3) is 5.91 Å². The van der Waals surface area contributed by atoms with E-state index in [1.807, 2.05) is 71.8 Å². The highest BCUT2D eigenvalue weighted by Gasteiger charge is 2.26. The van der Waals surface area contributed by atoms with Crippen molar-refractivity contribution < 1.29 is 9.53 Å². The molecule has 1 fully saturated rings. The van der Waals surface area contributed by atoms with E-state index in [1.165, 1.54) is 0 Å². The quantitative estimate of drug-likeness (QED) is 0.740. The van der Waals surface area contributed by atoms with Gasteiger partial charge in [-0.25, -0.2) is 4.68 Å². The van der Waals surface area contributed by atoms with Gasteiger partial charge in [0.05, 0.1) is 18.8 Å². The van der Waals surface area contributed by atoms with Gasteiger partial charge in [-0.05, 0) is 35.9 Å². The van der Waals surface area contributed by atoms with Gasteiger partial charge in [-0.3, -0.25) is 4.79 Å². The number of rotatable bonds is 3. The first-order valence-electron chi connectivity index (χ1n) is 8.37. The van der Waals surface area contributed by atoms with E-state index in [4.69, 9.17) is 4.74 Å². The molecule has 0 spiro atoms. The fraction of sp³-hybridized carbons (Fsp3) is 0.200. The minimum atomic E-state index is -0.0674. The summed E-state index contributed by atoms with van der Waals surface area (Å²) in [6.45, 7) is 1.74. The van der Waals surface area contributed by atoms with Gasteiger partial charge in [0.1, 0.15) is 6.10 Å². The van der Waals surface area contributed by atoms with E-state index in [9.17, 15) is 4.79 Å². The van der Waals surface area contributed by atoms with Crippen molar-refractivity contribution in [2.75, 3.05) is 19.7 Å². The zero-order valence-corrected chi connectivity index (χ0v) is 13.8. The van der Waals surface area contributed by atoms with E-state index in [-0.39, 0.29) is 12.0 Å². The highest BCUT2D eigenvalue weighted by molar-refractivity contribution is 5.94. The van der Waals surface area contributed by atoms with Gasteiger partial charge >= 0.3 is 0 Å². The van der Waals surface area contributed by atoms with Crippen LogP contribution in [0.3, 0.4) is 0 Å². The lowest BCUT2D eigenvalue weighted by atomic mass is 10.1. The number of nitrogens with zero attached hydrogens (tertiary/aromatic N) is 3. The Morgan fingerprint density at radius 2 is 1.84 bits per heavy atom. The molecule has 0 aliphatic carbocycles. The lowest BCUT2D eigenvalue weighted by Gasteiger charge is -2.33. The molecule has 1 aliphatic rings. The standard InChI is InChI=1S/C20H19N3O2/c24-20(17-7-9-18(10-8-17)23-12-4-11-21-23)22-13-14-25-19(15-22)16-5-2-1-3-6-16/h1-12,19H,13-15H2. The fourth-order valence-corrected chi connectivity index (χ4v) is 3.06. The van der Waals surface area contributed by atoms with Crippen LogP contribution < -0.4 is 0 Å². The Labute approximate surface area is 146 Å². The summed E-state index contributed by atoms with van der Waals surface area (Å²) in [4.78, 5) is 14.7. The largest absolute Gasteiger partial charge is 0.370 e. The number of benzene rings is 2. The summed E-state index contributed by atoms with van der Waals surface area (Å²) in [5.74, 6) is 0.0382. The Morgan fingerprint density at radius 1 is 1.04 bits per heavy atom. The number of hydrogen-bond donors (Lipinski definition) is 0. The lowest BCUT2D eigenvalue weighted by Crippen LogP contribution is -2.42. The van der Waals surface area contributed by atoms with Crippen LogP contribution in [0.15, 0.2) is 73.1 Å². The van der Waals surface area contributed by atoms with Crippen LogP contribution in [-0.2, 0) is 4.74 Å². The van der Waals surface area contributed by atoms with Crippen molar-refractivity contribution in [3.8, 4) is 5.69 Å². The molecular weight excluding hydrogens is 314 g/mol. The van der Waals surface area contributed by atoms with Crippen LogP contribution in [0.1, 0.15) is 22.0 Å². The first-order chi connectivity index (χ1) is 12.3. The van der Waals surface area contributed by atoms with Crippen molar-refractivity contribution in [2.24, 2.45) is 0 Å². The number of aromatic nitrogens is 2. The van der Waals surface area contributed by atoms with Crippen LogP contribution >= 0.6 is 0 Å². The van der Waals surface area contributed by atoms with E-state index in [0.717, 1.165) is 11.3 Å². The van der Waals surface area contributed by atoms with E-state index in [0.29, 0.717) is 25.3 Å². The van der Waals surface area contributed by atoms with Crippen LogP contribution in [0.25, 0.3) is 5.69 Å². The third kappa shape index (κ3) is 3.32. The molecule has 2 heterocycles. The number of amides is 1. The molecule has 25 heavy (non-hydrogen) atoms. The van der Waals surface area contributed by atoms with Gasteiger partial charge < -0.3 is 9.64 Å². The predicted molar refractivity (Wildman–Crippen MR) is 94.6 cm³/mol. The van der Waals surface area contributed by atoms with Crippen LogP contribution in [0.2, 0.25) is 0 Å². The Kier molecular flexibility index (Phi) is 4.31. The van der Waals surface area contributed by atoms with Gasteiger partial charge in [-0.15, -0.1) is 0 Å². The van der Waals surface area contributed by atoms with Gasteiger partial charge in [-0.2, -0.15) is 5.10 Å². The van der Waals surface area contributed by atoms with Gasteiger partial charge in [0, 0.05) is 24.5 Å². The SMILES string of the molecule is O=C(c1ccc(-n2cccn2)cc1)N1CCOC(c2ccccc2)C1. The smallest absolute Gasteiger partial charge is 0.254 e. The van der Waals surface area contributed by atoms with Crippen molar-refractivity contribution in [2.45, 2.75) is 6.10 Å². The Balaban J connectivity index is 1.48. The number of carbonyl (C=O) groups is 1. The summed E-state index contributed by atoms with van der Waals surface area (Å²) in [5, 5.41) is 4.20. The first-order valence-corrected chi connectivity index (χ1v) is 8.37. The Morgan fingerprint density at radius 3 is 2.56 bits per heavy atom. The first kappa shape index (κ1) is 15.6. The minimum Gasteiger partial charge on any atom is -0.370 e. The monoisotopic (exact) mass is 333 g/mol. The summed E-state index contributed by atoms with van der Waals surface area (Å²) in [5.41, 5.74) is 2.73. The van der Waals surface area contributed by atoms with Crippen molar-refractivity contribution >= 4 is 5.91 Å². The van der Waals surface area contributed by atoms with Crippen molar-refractivity contribution in [1.82, 2.24) is 14.7 Å². The minimum absolute atomic E-state index is 0.0382. The molecule has 4 rings (SSSR count). The summed E-state index contributed by atoms with van der Waals surface area (Å²) < 4.78 is 7.62. The molecule has 1 amide bonds. The third-order valence-corrected chi connectivity index (χ3v) is 4.41. The molecule has 1 aromatic heterocycles. The molecule has 2 aromatic carbocycles. The molecule has 126 valence electrons. The molecule has 5 nitrogen and oxygen atoms in total. The zero-order chi connectivity index (χ0) is 17.1. The van der Waals surface area contributed by atoms with E-state index in [1.54, 1.807) is 10.9 Å². The summed E-state index contributed by atoms with van der Waals surface area (Å²) in [7, 11) is 0. The molecule has 5 heteroatoms. The Hall–Kier alpha value is -2.92. The van der Waals surface area contributed by atoms with Gasteiger partial charge in [0.15, 0.2) is 0 Å². The van der Waals surface area contributed by atoms with Crippen molar-refractivity contribution in [1.29, 1.82) is 0 Å². The Bertz CT molecular complexity index is 829. The van der Waals surface area contributed by atoms with Gasteiger partial charge in [-0.1, -0.05) is 30.3 Å². The molecule has 0 N–H and O–H groups in total. The summed E-state index contributed by atoms with van der Waals surface area (Å²) >= 11 is 0. The topological polar surface area (TPSA) is 47.4 Å². The highest BCUT2D eigenvalue weighted by Crippen LogP contribution is 2.23. The second-order valence-corrected chi connectivity index (χ2v) is 6.02. The number of ether oxygens (including phenoxy) is 1. The average Bonchev–Trinajstić information content (AvgIpc) is 3.23. The molecule has 1 saturated heterocycles. The predicted octanol–water partition coefficient (Wildman–Crippen LogP) is 3.09. The van der Waals surface area contributed by atoms with Crippen LogP contribution in [-0.4, -0.2) is 40.3 Å². The summed E-state index contributed by atoms with van der Waals surface area (Å²) in [6.07, 6.45) is 3.54. The molecule has 0 saturated carbocycles. The van der Waals surface area contributed by atoms with Crippen LogP contribution in [0.5, 0.6) is 0 Å². The van der Waals surface area contributed by atoms with Crippen LogP contribution in [0, 0.1) is 0 Å². The molecule has 0 bridgehead atoms. The maximum absolute atomic E-state index is 12.8.